The van der Waals surface area contributed by atoms with Crippen LogP contribution in [0.4, 0.5) is 0 Å². The maximum Gasteiger partial charge on any atom is 0.168 e. The molecule has 2 aromatic rings. The third kappa shape index (κ3) is 3.19. The van der Waals surface area contributed by atoms with E-state index < -0.39 is 0 Å². The van der Waals surface area contributed by atoms with Crippen molar-refractivity contribution in [3.05, 3.63) is 46.7 Å². The first-order valence-electron chi connectivity index (χ1n) is 6.73. The molecule has 1 aromatic carbocycles. The van der Waals surface area contributed by atoms with Crippen LogP contribution in [0.1, 0.15) is 37.6 Å². The normalized spacial score (nSPS) is 12.6. The van der Waals surface area contributed by atoms with Gasteiger partial charge in [0.2, 0.25) is 0 Å². The van der Waals surface area contributed by atoms with E-state index in [4.69, 9.17) is 11.6 Å². The fourth-order valence-electron chi connectivity index (χ4n) is 2.16. The topological polar surface area (TPSA) is 38.1 Å². The number of nitrogens with zero attached hydrogens (tertiary/aromatic N) is 2. The average Bonchev–Trinajstić information content (AvgIpc) is 2.87. The second-order valence-electron chi connectivity index (χ2n) is 4.61. The first kappa shape index (κ1) is 15.4. The molecule has 1 N–H and O–H groups in total. The Morgan fingerprint density at radius 1 is 1.40 bits per heavy atom. The second-order valence-corrected chi connectivity index (χ2v) is 6.08. The molecule has 0 aliphatic heterocycles. The smallest absolute Gasteiger partial charge is 0.168 e. The van der Waals surface area contributed by atoms with Crippen molar-refractivity contribution >= 4 is 23.4 Å². The van der Waals surface area contributed by atoms with E-state index in [2.05, 4.69) is 23.4 Å². The SMILES string of the molecule is CCCSc1ncc(CO)n1C(C)c1ccccc1Cl. The number of aromatic nitrogens is 2. The van der Waals surface area contributed by atoms with Crippen molar-refractivity contribution < 1.29 is 5.11 Å². The number of benzene rings is 1. The van der Waals surface area contributed by atoms with Crippen LogP contribution < -0.4 is 0 Å². The highest BCUT2D eigenvalue weighted by Crippen LogP contribution is 2.31. The number of aliphatic hydroxyl groups excluding tert-OH is 1. The van der Waals surface area contributed by atoms with E-state index in [1.807, 2.05) is 24.3 Å². The second kappa shape index (κ2) is 7.16. The van der Waals surface area contributed by atoms with Crippen LogP contribution in [0.3, 0.4) is 0 Å². The molecule has 1 atom stereocenters. The van der Waals surface area contributed by atoms with Crippen molar-refractivity contribution in [3.63, 3.8) is 0 Å². The highest BCUT2D eigenvalue weighted by molar-refractivity contribution is 7.99. The fraction of sp³-hybridized carbons (Fsp3) is 0.400. The Bertz CT molecular complexity index is 571. The van der Waals surface area contributed by atoms with Gasteiger partial charge in [-0.25, -0.2) is 4.98 Å². The van der Waals surface area contributed by atoms with E-state index in [0.29, 0.717) is 0 Å². The van der Waals surface area contributed by atoms with E-state index in [9.17, 15) is 5.11 Å². The van der Waals surface area contributed by atoms with Crippen molar-refractivity contribution in [2.24, 2.45) is 0 Å². The molecule has 5 heteroatoms. The maximum atomic E-state index is 9.52. The summed E-state index contributed by atoms with van der Waals surface area (Å²) in [5.74, 6) is 1.01. The molecular weight excluding hydrogens is 292 g/mol. The summed E-state index contributed by atoms with van der Waals surface area (Å²) in [5, 5.41) is 11.2. The van der Waals surface area contributed by atoms with Crippen LogP contribution in [0.2, 0.25) is 5.02 Å². The van der Waals surface area contributed by atoms with E-state index >= 15 is 0 Å². The zero-order valence-corrected chi connectivity index (χ0v) is 13.3. The van der Waals surface area contributed by atoms with Crippen LogP contribution >= 0.6 is 23.4 Å². The van der Waals surface area contributed by atoms with Crippen LogP contribution in [0.25, 0.3) is 0 Å². The zero-order chi connectivity index (χ0) is 14.5. The van der Waals surface area contributed by atoms with E-state index in [1.165, 1.54) is 0 Å². The van der Waals surface area contributed by atoms with Gasteiger partial charge in [-0.2, -0.15) is 0 Å². The third-order valence-corrected chi connectivity index (χ3v) is 4.70. The summed E-state index contributed by atoms with van der Waals surface area (Å²) in [4.78, 5) is 4.42. The molecule has 1 unspecified atom stereocenters. The van der Waals surface area contributed by atoms with Gasteiger partial charge >= 0.3 is 0 Å². The molecule has 0 radical (unpaired) electrons. The number of rotatable bonds is 6. The summed E-state index contributed by atoms with van der Waals surface area (Å²) < 4.78 is 2.07. The van der Waals surface area contributed by atoms with Crippen LogP contribution in [0.5, 0.6) is 0 Å². The summed E-state index contributed by atoms with van der Waals surface area (Å²) in [6, 6.07) is 7.86. The first-order valence-corrected chi connectivity index (χ1v) is 8.09. The van der Waals surface area contributed by atoms with Crippen LogP contribution in [0, 0.1) is 0 Å². The Morgan fingerprint density at radius 3 is 2.80 bits per heavy atom. The highest BCUT2D eigenvalue weighted by Gasteiger charge is 2.18. The van der Waals surface area contributed by atoms with E-state index in [0.717, 1.165) is 33.6 Å². The van der Waals surface area contributed by atoms with Crippen LogP contribution in [-0.2, 0) is 6.61 Å². The largest absolute Gasteiger partial charge is 0.390 e. The molecule has 0 fully saturated rings. The van der Waals surface area contributed by atoms with Crippen LogP contribution in [-0.4, -0.2) is 20.4 Å². The third-order valence-electron chi connectivity index (χ3n) is 3.18. The minimum atomic E-state index is -0.0194. The van der Waals surface area contributed by atoms with Gasteiger partial charge in [0.25, 0.3) is 0 Å². The molecule has 0 aliphatic rings. The lowest BCUT2D eigenvalue weighted by Crippen LogP contribution is -2.12. The van der Waals surface area contributed by atoms with Crippen molar-refractivity contribution in [3.8, 4) is 0 Å². The first-order chi connectivity index (χ1) is 9.69. The lowest BCUT2D eigenvalue weighted by molar-refractivity contribution is 0.267. The van der Waals surface area contributed by atoms with Crippen molar-refractivity contribution in [1.29, 1.82) is 0 Å². The predicted molar refractivity (Wildman–Crippen MR) is 84.4 cm³/mol. The standard InChI is InChI=1S/C15H19ClN2OS/c1-3-8-20-15-17-9-12(10-19)18(15)11(2)13-6-4-5-7-14(13)16/h4-7,9,11,19H,3,8,10H2,1-2H3. The molecule has 3 nitrogen and oxygen atoms in total. The number of aliphatic hydroxyl groups is 1. The van der Waals surface area contributed by atoms with Gasteiger partial charge in [0, 0.05) is 10.8 Å². The monoisotopic (exact) mass is 310 g/mol. The highest BCUT2D eigenvalue weighted by atomic mass is 35.5. The van der Waals surface area contributed by atoms with Crippen molar-refractivity contribution in [1.82, 2.24) is 9.55 Å². The lowest BCUT2D eigenvalue weighted by Gasteiger charge is -2.20. The summed E-state index contributed by atoms with van der Waals surface area (Å²) >= 11 is 7.99. The number of hydrogen-bond donors (Lipinski definition) is 1. The molecular formula is C15H19ClN2OS. The Labute approximate surface area is 129 Å². The van der Waals surface area contributed by atoms with Gasteiger partial charge in [-0.05, 0) is 25.0 Å². The minimum absolute atomic E-state index is 0.0194. The molecule has 2 rings (SSSR count). The summed E-state index contributed by atoms with van der Waals surface area (Å²) in [6.45, 7) is 4.21. The molecule has 0 aliphatic carbocycles. The van der Waals surface area contributed by atoms with Crippen molar-refractivity contribution in [2.45, 2.75) is 38.1 Å². The quantitative estimate of drug-likeness (QED) is 0.815. The molecule has 0 bridgehead atoms. The molecule has 1 heterocycles. The lowest BCUT2D eigenvalue weighted by atomic mass is 10.1. The minimum Gasteiger partial charge on any atom is -0.390 e. The molecule has 0 saturated carbocycles. The van der Waals surface area contributed by atoms with Gasteiger partial charge in [0.1, 0.15) is 0 Å². The average molecular weight is 311 g/mol. The Morgan fingerprint density at radius 2 is 2.15 bits per heavy atom. The van der Waals surface area contributed by atoms with E-state index in [-0.39, 0.29) is 12.6 Å². The van der Waals surface area contributed by atoms with Gasteiger partial charge in [-0.3, -0.25) is 0 Å². The molecule has 0 spiro atoms. The molecule has 1 aromatic heterocycles. The number of thioether (sulfide) groups is 1. The number of halogens is 1. The van der Waals surface area contributed by atoms with Crippen LogP contribution in [0.15, 0.2) is 35.6 Å². The number of hydrogen-bond acceptors (Lipinski definition) is 3. The predicted octanol–water partition coefficient (Wildman–Crippen LogP) is 4.14. The summed E-state index contributed by atoms with van der Waals surface area (Å²) in [7, 11) is 0. The maximum absolute atomic E-state index is 9.52. The summed E-state index contributed by atoms with van der Waals surface area (Å²) in [6.07, 6.45) is 2.83. The zero-order valence-electron chi connectivity index (χ0n) is 11.7. The summed E-state index contributed by atoms with van der Waals surface area (Å²) in [5.41, 5.74) is 1.86. The van der Waals surface area contributed by atoms with Gasteiger partial charge in [0.15, 0.2) is 5.16 Å². The number of imidazole rings is 1. The Kier molecular flexibility index (Phi) is 5.52. The van der Waals surface area contributed by atoms with Gasteiger partial charge in [-0.1, -0.05) is 48.5 Å². The molecule has 20 heavy (non-hydrogen) atoms. The van der Waals surface area contributed by atoms with Gasteiger partial charge in [0.05, 0.1) is 24.5 Å². The Balaban J connectivity index is 2.39. The van der Waals surface area contributed by atoms with Gasteiger partial charge in [-0.15, -0.1) is 0 Å². The molecule has 0 saturated heterocycles. The van der Waals surface area contributed by atoms with E-state index in [1.54, 1.807) is 18.0 Å². The molecule has 0 amide bonds. The Hall–Kier alpha value is -0.970. The van der Waals surface area contributed by atoms with Crippen molar-refractivity contribution in [2.75, 3.05) is 5.75 Å². The molecule has 108 valence electrons. The van der Waals surface area contributed by atoms with Gasteiger partial charge < -0.3 is 9.67 Å². The fourth-order valence-corrected chi connectivity index (χ4v) is 3.38.